The minimum atomic E-state index is 0.320. The van der Waals surface area contributed by atoms with Gasteiger partial charge in [-0.1, -0.05) is 0 Å². The molecule has 0 aliphatic carbocycles. The first-order chi connectivity index (χ1) is 9.65. The van der Waals surface area contributed by atoms with E-state index in [0.717, 1.165) is 39.3 Å². The molecule has 0 saturated carbocycles. The van der Waals surface area contributed by atoms with E-state index in [1.54, 1.807) is 0 Å². The third-order valence-electron chi connectivity index (χ3n) is 3.72. The van der Waals surface area contributed by atoms with E-state index in [1.807, 2.05) is 17.9 Å². The summed E-state index contributed by atoms with van der Waals surface area (Å²) in [5, 5.41) is 4.22. The van der Waals surface area contributed by atoms with Crippen LogP contribution in [0, 0.1) is 0 Å². The predicted octanol–water partition coefficient (Wildman–Crippen LogP) is 1.83. The molecule has 1 saturated heterocycles. The highest BCUT2D eigenvalue weighted by molar-refractivity contribution is 5.03. The van der Waals surface area contributed by atoms with Crippen LogP contribution in [0.4, 0.5) is 0 Å². The number of hydrogen-bond acceptors (Lipinski definition) is 4. The van der Waals surface area contributed by atoms with E-state index in [2.05, 4.69) is 30.0 Å². The normalized spacial score (nSPS) is 19.4. The van der Waals surface area contributed by atoms with Crippen LogP contribution >= 0.6 is 0 Å². The van der Waals surface area contributed by atoms with Crippen LogP contribution in [0.5, 0.6) is 0 Å². The quantitative estimate of drug-likeness (QED) is 0.682. The second-order valence-corrected chi connectivity index (χ2v) is 5.80. The highest BCUT2D eigenvalue weighted by Crippen LogP contribution is 2.12. The van der Waals surface area contributed by atoms with Gasteiger partial charge in [-0.15, -0.1) is 0 Å². The van der Waals surface area contributed by atoms with Gasteiger partial charge < -0.3 is 9.47 Å². The van der Waals surface area contributed by atoms with Crippen LogP contribution in [0.25, 0.3) is 0 Å². The molecule has 0 N–H and O–H groups in total. The molecule has 0 amide bonds. The summed E-state index contributed by atoms with van der Waals surface area (Å²) in [6, 6.07) is 0.501. The molecule has 1 aromatic rings. The highest BCUT2D eigenvalue weighted by Gasteiger charge is 2.16. The number of nitrogens with zero attached hydrogens (tertiary/aromatic N) is 3. The fourth-order valence-electron chi connectivity index (χ4n) is 2.48. The van der Waals surface area contributed by atoms with Crippen molar-refractivity contribution in [3.8, 4) is 0 Å². The van der Waals surface area contributed by atoms with Crippen molar-refractivity contribution in [2.75, 3.05) is 26.4 Å². The van der Waals surface area contributed by atoms with Gasteiger partial charge in [0.1, 0.15) is 0 Å². The van der Waals surface area contributed by atoms with Gasteiger partial charge in [0, 0.05) is 44.5 Å². The molecule has 2 rings (SSSR count). The molecule has 2 heterocycles. The smallest absolute Gasteiger partial charge is 0.0809 e. The lowest BCUT2D eigenvalue weighted by Gasteiger charge is -2.26. The van der Waals surface area contributed by atoms with Crippen molar-refractivity contribution in [1.82, 2.24) is 14.7 Å². The zero-order valence-electron chi connectivity index (χ0n) is 12.9. The van der Waals surface area contributed by atoms with Gasteiger partial charge in [0.25, 0.3) is 0 Å². The summed E-state index contributed by atoms with van der Waals surface area (Å²) < 4.78 is 13.2. The van der Waals surface area contributed by atoms with Gasteiger partial charge in [-0.2, -0.15) is 5.10 Å². The summed E-state index contributed by atoms with van der Waals surface area (Å²) in [7, 11) is 1.95. The SMILES string of the molecule is CC(C)N(CCOC[C@@H]1CCCO1)Cc1cnn(C)c1. The Kier molecular flexibility index (Phi) is 6.01. The Morgan fingerprint density at radius 1 is 1.55 bits per heavy atom. The van der Waals surface area contributed by atoms with Crippen LogP contribution in [0.3, 0.4) is 0 Å². The van der Waals surface area contributed by atoms with Crippen LogP contribution in [0.2, 0.25) is 0 Å². The Morgan fingerprint density at radius 3 is 3.00 bits per heavy atom. The molecule has 1 aromatic heterocycles. The number of aryl methyl sites for hydroxylation is 1. The second kappa shape index (κ2) is 7.76. The average Bonchev–Trinajstić information content (AvgIpc) is 3.04. The lowest BCUT2D eigenvalue weighted by molar-refractivity contribution is 0.00735. The van der Waals surface area contributed by atoms with Crippen molar-refractivity contribution in [3.05, 3.63) is 18.0 Å². The molecule has 1 aliphatic rings. The van der Waals surface area contributed by atoms with Crippen LogP contribution in [-0.2, 0) is 23.1 Å². The van der Waals surface area contributed by atoms with E-state index in [0.29, 0.717) is 12.1 Å². The molecule has 0 aromatic carbocycles. The Hall–Kier alpha value is -0.910. The summed E-state index contributed by atoms with van der Waals surface area (Å²) in [4.78, 5) is 2.41. The van der Waals surface area contributed by atoms with E-state index < -0.39 is 0 Å². The molecule has 5 heteroatoms. The number of ether oxygens (including phenoxy) is 2. The van der Waals surface area contributed by atoms with Crippen LogP contribution in [0.1, 0.15) is 32.3 Å². The summed E-state index contributed by atoms with van der Waals surface area (Å²) in [6.07, 6.45) is 6.64. The Bertz CT molecular complexity index is 386. The standard InChI is InChI=1S/C15H27N3O2/c1-13(2)18(11-14-9-16-17(3)10-14)6-8-19-12-15-5-4-7-20-15/h9-10,13,15H,4-8,11-12H2,1-3H3/t15-/m0/s1. The first kappa shape index (κ1) is 15.5. The number of hydrogen-bond donors (Lipinski definition) is 0. The lowest BCUT2D eigenvalue weighted by atomic mass is 10.2. The maximum atomic E-state index is 5.75. The maximum absolute atomic E-state index is 5.75. The van der Waals surface area contributed by atoms with Gasteiger partial charge in [-0.05, 0) is 26.7 Å². The van der Waals surface area contributed by atoms with Gasteiger partial charge in [0.2, 0.25) is 0 Å². The molecule has 1 aliphatic heterocycles. The van der Waals surface area contributed by atoms with E-state index >= 15 is 0 Å². The lowest BCUT2D eigenvalue weighted by Crippen LogP contribution is -2.33. The van der Waals surface area contributed by atoms with Gasteiger partial charge in [-0.3, -0.25) is 9.58 Å². The minimum Gasteiger partial charge on any atom is -0.377 e. The fourth-order valence-corrected chi connectivity index (χ4v) is 2.48. The monoisotopic (exact) mass is 281 g/mol. The summed E-state index contributed by atoms with van der Waals surface area (Å²) in [6.45, 7) is 8.70. The first-order valence-corrected chi connectivity index (χ1v) is 7.56. The van der Waals surface area contributed by atoms with Crippen molar-refractivity contribution < 1.29 is 9.47 Å². The van der Waals surface area contributed by atoms with Crippen LogP contribution < -0.4 is 0 Å². The summed E-state index contributed by atoms with van der Waals surface area (Å²) in [5.74, 6) is 0. The third-order valence-corrected chi connectivity index (χ3v) is 3.72. The molecule has 0 unspecified atom stereocenters. The zero-order valence-corrected chi connectivity index (χ0v) is 12.9. The molecule has 0 bridgehead atoms. The molecule has 114 valence electrons. The topological polar surface area (TPSA) is 39.5 Å². The van der Waals surface area contributed by atoms with Gasteiger partial charge in [0.05, 0.1) is 25.5 Å². The summed E-state index contributed by atoms with van der Waals surface area (Å²) in [5.41, 5.74) is 1.25. The minimum absolute atomic E-state index is 0.320. The van der Waals surface area contributed by atoms with E-state index in [4.69, 9.17) is 9.47 Å². The van der Waals surface area contributed by atoms with Gasteiger partial charge in [0.15, 0.2) is 0 Å². The third kappa shape index (κ3) is 4.89. The molecule has 1 atom stereocenters. The molecule has 20 heavy (non-hydrogen) atoms. The Morgan fingerprint density at radius 2 is 2.40 bits per heavy atom. The maximum Gasteiger partial charge on any atom is 0.0809 e. The molecular formula is C15H27N3O2. The number of aromatic nitrogens is 2. The fraction of sp³-hybridized carbons (Fsp3) is 0.800. The van der Waals surface area contributed by atoms with Crippen LogP contribution in [-0.4, -0.2) is 53.2 Å². The van der Waals surface area contributed by atoms with E-state index in [1.165, 1.54) is 12.0 Å². The Balaban J connectivity index is 1.69. The molecular weight excluding hydrogens is 254 g/mol. The molecule has 5 nitrogen and oxygen atoms in total. The van der Waals surface area contributed by atoms with Crippen molar-refractivity contribution in [2.24, 2.45) is 7.05 Å². The van der Waals surface area contributed by atoms with Crippen molar-refractivity contribution in [3.63, 3.8) is 0 Å². The van der Waals surface area contributed by atoms with Gasteiger partial charge in [-0.25, -0.2) is 0 Å². The van der Waals surface area contributed by atoms with E-state index in [9.17, 15) is 0 Å². The molecule has 0 spiro atoms. The molecule has 0 radical (unpaired) electrons. The van der Waals surface area contributed by atoms with Crippen molar-refractivity contribution in [2.45, 2.75) is 45.4 Å². The van der Waals surface area contributed by atoms with E-state index in [-0.39, 0.29) is 0 Å². The Labute approximate surface area is 121 Å². The van der Waals surface area contributed by atoms with Crippen molar-refractivity contribution in [1.29, 1.82) is 0 Å². The number of rotatable bonds is 8. The van der Waals surface area contributed by atoms with Crippen LogP contribution in [0.15, 0.2) is 12.4 Å². The average molecular weight is 281 g/mol. The largest absolute Gasteiger partial charge is 0.377 e. The highest BCUT2D eigenvalue weighted by atomic mass is 16.5. The first-order valence-electron chi connectivity index (χ1n) is 7.56. The molecule has 1 fully saturated rings. The summed E-state index contributed by atoms with van der Waals surface area (Å²) >= 11 is 0. The van der Waals surface area contributed by atoms with Crippen molar-refractivity contribution >= 4 is 0 Å². The van der Waals surface area contributed by atoms with Gasteiger partial charge >= 0.3 is 0 Å². The second-order valence-electron chi connectivity index (χ2n) is 5.80. The predicted molar refractivity (Wildman–Crippen MR) is 78.5 cm³/mol. The zero-order chi connectivity index (χ0) is 14.4.